The molecule has 3 rings (SSSR count). The summed E-state index contributed by atoms with van der Waals surface area (Å²) in [6.45, 7) is 1.75. The lowest BCUT2D eigenvalue weighted by atomic mass is 10.3. The van der Waals surface area contributed by atoms with E-state index in [-0.39, 0.29) is 16.3 Å². The van der Waals surface area contributed by atoms with Crippen molar-refractivity contribution >= 4 is 33.2 Å². The van der Waals surface area contributed by atoms with Gasteiger partial charge in [0.25, 0.3) is 15.7 Å². The fourth-order valence-electron chi connectivity index (χ4n) is 2.80. The van der Waals surface area contributed by atoms with Crippen molar-refractivity contribution in [1.29, 1.82) is 0 Å². The van der Waals surface area contributed by atoms with E-state index in [2.05, 4.69) is 19.6 Å². The Morgan fingerprint density at radius 1 is 1.19 bits per heavy atom. The molecule has 144 valence electrons. The van der Waals surface area contributed by atoms with Crippen LogP contribution in [0.15, 0.2) is 35.4 Å². The number of nitrogens with one attached hydrogen (secondary N) is 1. The predicted octanol–water partition coefficient (Wildman–Crippen LogP) is 1.85. The molecule has 1 fully saturated rings. The summed E-state index contributed by atoms with van der Waals surface area (Å²) < 4.78 is 27.7. The minimum atomic E-state index is -3.94. The van der Waals surface area contributed by atoms with Crippen LogP contribution in [0.3, 0.4) is 0 Å². The van der Waals surface area contributed by atoms with Gasteiger partial charge in [-0.1, -0.05) is 0 Å². The largest absolute Gasteiger partial charge is 0.361 e. The summed E-state index contributed by atoms with van der Waals surface area (Å²) in [4.78, 5) is 22.6. The van der Waals surface area contributed by atoms with Crippen LogP contribution in [0, 0.1) is 10.1 Å². The van der Waals surface area contributed by atoms with E-state index in [9.17, 15) is 18.5 Å². The van der Waals surface area contributed by atoms with Crippen molar-refractivity contribution in [2.24, 2.45) is 0 Å². The van der Waals surface area contributed by atoms with Gasteiger partial charge in [-0.2, -0.15) is 4.98 Å². The molecule has 2 aromatic rings. The van der Waals surface area contributed by atoms with Crippen molar-refractivity contribution in [3.8, 4) is 0 Å². The van der Waals surface area contributed by atoms with Gasteiger partial charge >= 0.3 is 0 Å². The van der Waals surface area contributed by atoms with Crippen molar-refractivity contribution in [1.82, 2.24) is 9.97 Å². The number of aromatic nitrogens is 2. The Morgan fingerprint density at radius 3 is 2.37 bits per heavy atom. The molecule has 10 nitrogen and oxygen atoms in total. The standard InChI is InChI=1S/C16H20N6O4S/c1-20(2)15-14(11-17-16(18-15)21-9-3-4-10-21)19-27(25,26)13-7-5-12(6-8-13)22(23)24/h5-8,11,19H,3-4,9-10H2,1-2H3. The number of nitro groups is 1. The van der Waals surface area contributed by atoms with Gasteiger partial charge in [-0.25, -0.2) is 13.4 Å². The Balaban J connectivity index is 1.89. The van der Waals surface area contributed by atoms with E-state index < -0.39 is 14.9 Å². The van der Waals surface area contributed by atoms with Crippen molar-refractivity contribution < 1.29 is 13.3 Å². The van der Waals surface area contributed by atoms with Gasteiger partial charge in [0.15, 0.2) is 5.82 Å². The third-order valence-corrected chi connectivity index (χ3v) is 5.55. The van der Waals surface area contributed by atoms with E-state index in [0.29, 0.717) is 11.8 Å². The monoisotopic (exact) mass is 392 g/mol. The number of nitrogens with zero attached hydrogens (tertiary/aromatic N) is 5. The lowest BCUT2D eigenvalue weighted by Gasteiger charge is -2.21. The lowest BCUT2D eigenvalue weighted by molar-refractivity contribution is -0.384. The van der Waals surface area contributed by atoms with Crippen molar-refractivity contribution in [3.05, 3.63) is 40.6 Å². The van der Waals surface area contributed by atoms with E-state index in [1.165, 1.54) is 18.3 Å². The van der Waals surface area contributed by atoms with Crippen LogP contribution < -0.4 is 14.5 Å². The molecule has 11 heteroatoms. The van der Waals surface area contributed by atoms with Gasteiger partial charge in [0.05, 0.1) is 16.0 Å². The Kier molecular flexibility index (Phi) is 5.13. The molecule has 0 atom stereocenters. The molecular formula is C16H20N6O4S. The summed E-state index contributed by atoms with van der Waals surface area (Å²) in [6.07, 6.45) is 3.60. The van der Waals surface area contributed by atoms with Crippen LogP contribution in [-0.4, -0.2) is 50.5 Å². The average Bonchev–Trinajstić information content (AvgIpc) is 3.16. The Labute approximate surface area is 157 Å². The second-order valence-corrected chi connectivity index (χ2v) is 8.03. The maximum absolute atomic E-state index is 12.6. The molecule has 0 amide bonds. The molecule has 1 aromatic carbocycles. The molecule has 0 spiro atoms. The molecule has 1 N–H and O–H groups in total. The normalized spacial score (nSPS) is 14.2. The number of nitro benzene ring substituents is 1. The van der Waals surface area contributed by atoms with Gasteiger partial charge in [-0.05, 0) is 25.0 Å². The molecule has 0 bridgehead atoms. The summed E-state index contributed by atoms with van der Waals surface area (Å²) in [5, 5.41) is 10.7. The van der Waals surface area contributed by atoms with Crippen LogP contribution in [0.5, 0.6) is 0 Å². The molecule has 1 saturated heterocycles. The van der Waals surface area contributed by atoms with Gasteiger partial charge in [0, 0.05) is 39.3 Å². The molecule has 1 aliphatic heterocycles. The highest BCUT2D eigenvalue weighted by atomic mass is 32.2. The first-order chi connectivity index (χ1) is 12.8. The zero-order valence-corrected chi connectivity index (χ0v) is 15.8. The number of sulfonamides is 1. The second-order valence-electron chi connectivity index (χ2n) is 6.35. The van der Waals surface area contributed by atoms with E-state index in [4.69, 9.17) is 0 Å². The smallest absolute Gasteiger partial charge is 0.269 e. The Bertz CT molecular complexity index is 940. The van der Waals surface area contributed by atoms with Gasteiger partial charge in [-0.3, -0.25) is 14.8 Å². The quantitative estimate of drug-likeness (QED) is 0.584. The Hall–Kier alpha value is -2.95. The Morgan fingerprint density at radius 2 is 1.81 bits per heavy atom. The first-order valence-electron chi connectivity index (χ1n) is 8.34. The third kappa shape index (κ3) is 4.08. The maximum Gasteiger partial charge on any atom is 0.269 e. The number of non-ortho nitro benzene ring substituents is 1. The summed E-state index contributed by atoms with van der Waals surface area (Å²) in [7, 11) is -0.409. The van der Waals surface area contributed by atoms with Crippen LogP contribution in [0.1, 0.15) is 12.8 Å². The van der Waals surface area contributed by atoms with Crippen molar-refractivity contribution in [2.45, 2.75) is 17.7 Å². The van der Waals surface area contributed by atoms with Crippen LogP contribution >= 0.6 is 0 Å². The summed E-state index contributed by atoms with van der Waals surface area (Å²) in [6, 6.07) is 4.67. The first-order valence-corrected chi connectivity index (χ1v) is 9.83. The summed E-state index contributed by atoms with van der Waals surface area (Å²) >= 11 is 0. The zero-order valence-electron chi connectivity index (χ0n) is 15.0. The highest BCUT2D eigenvalue weighted by Crippen LogP contribution is 2.28. The van der Waals surface area contributed by atoms with Gasteiger partial charge in [0.1, 0.15) is 5.69 Å². The molecule has 1 aliphatic rings. The van der Waals surface area contributed by atoms with Crippen LogP contribution in [-0.2, 0) is 10.0 Å². The first kappa shape index (κ1) is 18.8. The van der Waals surface area contributed by atoms with Crippen LogP contribution in [0.4, 0.5) is 23.1 Å². The van der Waals surface area contributed by atoms with Gasteiger partial charge < -0.3 is 9.80 Å². The van der Waals surface area contributed by atoms with E-state index in [1.54, 1.807) is 19.0 Å². The predicted molar refractivity (Wildman–Crippen MR) is 102 cm³/mol. The van der Waals surface area contributed by atoms with E-state index >= 15 is 0 Å². The topological polar surface area (TPSA) is 122 Å². The number of rotatable bonds is 6. The fourth-order valence-corrected chi connectivity index (χ4v) is 3.84. The fraction of sp³-hybridized carbons (Fsp3) is 0.375. The maximum atomic E-state index is 12.6. The third-order valence-electron chi connectivity index (χ3n) is 4.17. The highest BCUT2D eigenvalue weighted by molar-refractivity contribution is 7.92. The van der Waals surface area contributed by atoms with Crippen LogP contribution in [0.2, 0.25) is 0 Å². The molecule has 0 unspecified atom stereocenters. The average molecular weight is 392 g/mol. The molecule has 1 aromatic heterocycles. The molecule has 0 aliphatic carbocycles. The summed E-state index contributed by atoms with van der Waals surface area (Å²) in [5.41, 5.74) is 0.0579. The molecule has 0 radical (unpaired) electrons. The second kappa shape index (κ2) is 7.35. The molecule has 27 heavy (non-hydrogen) atoms. The minimum absolute atomic E-state index is 0.0820. The number of hydrogen-bond donors (Lipinski definition) is 1. The summed E-state index contributed by atoms with van der Waals surface area (Å²) in [5.74, 6) is 1.01. The van der Waals surface area contributed by atoms with Gasteiger partial charge in [-0.15, -0.1) is 0 Å². The SMILES string of the molecule is CN(C)c1nc(N2CCCC2)ncc1NS(=O)(=O)c1ccc([N+](=O)[O-])cc1. The lowest BCUT2D eigenvalue weighted by Crippen LogP contribution is -2.24. The van der Waals surface area contributed by atoms with E-state index in [1.807, 2.05) is 0 Å². The number of benzene rings is 1. The minimum Gasteiger partial charge on any atom is -0.361 e. The zero-order chi connectivity index (χ0) is 19.6. The van der Waals surface area contributed by atoms with Crippen LogP contribution in [0.25, 0.3) is 0 Å². The van der Waals surface area contributed by atoms with E-state index in [0.717, 1.165) is 38.1 Å². The number of hydrogen-bond acceptors (Lipinski definition) is 8. The van der Waals surface area contributed by atoms with Crippen molar-refractivity contribution in [2.75, 3.05) is 41.7 Å². The number of anilines is 3. The molecule has 2 heterocycles. The molecule has 0 saturated carbocycles. The van der Waals surface area contributed by atoms with Gasteiger partial charge in [0.2, 0.25) is 5.95 Å². The molecular weight excluding hydrogens is 372 g/mol. The highest BCUT2D eigenvalue weighted by Gasteiger charge is 2.22. The van der Waals surface area contributed by atoms with Crippen molar-refractivity contribution in [3.63, 3.8) is 0 Å².